The summed E-state index contributed by atoms with van der Waals surface area (Å²) < 4.78 is 0. The Balaban J connectivity index is 1.67. The summed E-state index contributed by atoms with van der Waals surface area (Å²) in [5.41, 5.74) is 3.65. The molecule has 0 radical (unpaired) electrons. The number of nitrogens with zero attached hydrogens (tertiary/aromatic N) is 2. The molecule has 7 nitrogen and oxygen atoms in total. The van der Waals surface area contributed by atoms with E-state index in [1.807, 2.05) is 36.4 Å². The van der Waals surface area contributed by atoms with Crippen molar-refractivity contribution >= 4 is 34.7 Å². The summed E-state index contributed by atoms with van der Waals surface area (Å²) in [6, 6.07) is 16.4. The van der Waals surface area contributed by atoms with Gasteiger partial charge in [0.15, 0.2) is 0 Å². The van der Waals surface area contributed by atoms with Gasteiger partial charge < -0.3 is 16.0 Å². The molecule has 142 valence electrons. The zero-order chi connectivity index (χ0) is 19.9. The lowest BCUT2D eigenvalue weighted by atomic mass is 10.1. The summed E-state index contributed by atoms with van der Waals surface area (Å²) in [7, 11) is 0. The second kappa shape index (κ2) is 8.77. The lowest BCUT2D eigenvalue weighted by Gasteiger charge is -2.09. The Hall–Kier alpha value is -3.74. The first-order valence-electron chi connectivity index (χ1n) is 8.90. The van der Waals surface area contributed by atoms with Crippen molar-refractivity contribution in [3.8, 4) is 0 Å². The van der Waals surface area contributed by atoms with Crippen LogP contribution in [0, 0.1) is 0 Å². The van der Waals surface area contributed by atoms with Crippen molar-refractivity contribution in [3.63, 3.8) is 0 Å². The Labute approximate surface area is 163 Å². The van der Waals surface area contributed by atoms with Crippen LogP contribution in [-0.4, -0.2) is 21.8 Å². The molecular formula is C21H21N5O2. The number of rotatable bonds is 6. The van der Waals surface area contributed by atoms with E-state index < -0.39 is 0 Å². The Morgan fingerprint density at radius 2 is 1.46 bits per heavy atom. The van der Waals surface area contributed by atoms with Gasteiger partial charge in [-0.2, -0.15) is 0 Å². The number of hydrogen-bond acceptors (Lipinski definition) is 5. The summed E-state index contributed by atoms with van der Waals surface area (Å²) in [6.07, 6.45) is 2.28. The number of carbonyl (C=O) groups is 2. The first-order chi connectivity index (χ1) is 13.5. The third-order valence-corrected chi connectivity index (χ3v) is 4.00. The molecule has 0 saturated heterocycles. The van der Waals surface area contributed by atoms with Gasteiger partial charge in [0.2, 0.25) is 5.91 Å². The van der Waals surface area contributed by atoms with Crippen molar-refractivity contribution < 1.29 is 9.59 Å². The van der Waals surface area contributed by atoms with Gasteiger partial charge >= 0.3 is 0 Å². The minimum absolute atomic E-state index is 0.128. The molecule has 0 fully saturated rings. The molecule has 2 aromatic carbocycles. The Kier molecular flexibility index (Phi) is 5.96. The maximum Gasteiger partial charge on any atom is 0.274 e. The van der Waals surface area contributed by atoms with E-state index >= 15 is 0 Å². The van der Waals surface area contributed by atoms with Crippen LogP contribution in [0.3, 0.4) is 0 Å². The number of aromatic nitrogens is 2. The van der Waals surface area contributed by atoms with E-state index in [1.54, 1.807) is 18.2 Å². The zero-order valence-corrected chi connectivity index (χ0v) is 15.7. The van der Waals surface area contributed by atoms with Crippen LogP contribution in [0.5, 0.6) is 0 Å². The lowest BCUT2D eigenvalue weighted by molar-refractivity contribution is -0.114. The van der Waals surface area contributed by atoms with Crippen molar-refractivity contribution in [2.75, 3.05) is 16.0 Å². The van der Waals surface area contributed by atoms with Crippen LogP contribution in [0.4, 0.5) is 22.9 Å². The van der Waals surface area contributed by atoms with Crippen molar-refractivity contribution in [1.82, 2.24) is 9.97 Å². The van der Waals surface area contributed by atoms with Gasteiger partial charge in [-0.1, -0.05) is 19.1 Å². The summed E-state index contributed by atoms with van der Waals surface area (Å²) in [4.78, 5) is 31.7. The molecule has 3 rings (SSSR count). The van der Waals surface area contributed by atoms with Gasteiger partial charge in [-0.15, -0.1) is 0 Å². The minimum Gasteiger partial charge on any atom is -0.340 e. The molecule has 0 unspecified atom stereocenters. The number of amides is 2. The zero-order valence-electron chi connectivity index (χ0n) is 15.7. The first-order valence-corrected chi connectivity index (χ1v) is 8.90. The number of nitrogens with one attached hydrogen (secondary N) is 3. The average Bonchev–Trinajstić information content (AvgIpc) is 2.70. The molecule has 0 spiro atoms. The average molecular weight is 375 g/mol. The highest BCUT2D eigenvalue weighted by Crippen LogP contribution is 2.18. The van der Waals surface area contributed by atoms with Crippen molar-refractivity contribution in [2.45, 2.75) is 20.3 Å². The van der Waals surface area contributed by atoms with E-state index in [0.29, 0.717) is 17.2 Å². The van der Waals surface area contributed by atoms with Crippen LogP contribution in [0.25, 0.3) is 0 Å². The predicted octanol–water partition coefficient (Wildman–Crippen LogP) is 3.99. The first kappa shape index (κ1) is 19.0. The maximum atomic E-state index is 12.5. The summed E-state index contributed by atoms with van der Waals surface area (Å²) in [6.45, 7) is 3.54. The van der Waals surface area contributed by atoms with E-state index in [2.05, 4.69) is 32.8 Å². The number of carbonyl (C=O) groups excluding carboxylic acids is 2. The second-order valence-corrected chi connectivity index (χ2v) is 6.18. The monoisotopic (exact) mass is 375 g/mol. The highest BCUT2D eigenvalue weighted by molar-refractivity contribution is 6.03. The van der Waals surface area contributed by atoms with E-state index in [4.69, 9.17) is 0 Å². The topological polar surface area (TPSA) is 96.0 Å². The van der Waals surface area contributed by atoms with Crippen LogP contribution in [-0.2, 0) is 11.2 Å². The van der Waals surface area contributed by atoms with Gasteiger partial charge in [-0.05, 0) is 48.4 Å². The Morgan fingerprint density at radius 1 is 0.857 bits per heavy atom. The lowest BCUT2D eigenvalue weighted by Crippen LogP contribution is -2.14. The number of benzene rings is 2. The summed E-state index contributed by atoms with van der Waals surface area (Å²) in [5, 5.41) is 8.65. The largest absolute Gasteiger partial charge is 0.340 e. The molecule has 7 heteroatoms. The van der Waals surface area contributed by atoms with Crippen LogP contribution in [0.1, 0.15) is 29.9 Å². The minimum atomic E-state index is -0.310. The van der Waals surface area contributed by atoms with Crippen molar-refractivity contribution in [1.29, 1.82) is 0 Å². The molecule has 0 saturated carbocycles. The molecule has 3 N–H and O–H groups in total. The molecular weight excluding hydrogens is 354 g/mol. The summed E-state index contributed by atoms with van der Waals surface area (Å²) in [5.74, 6) is 0.0564. The van der Waals surface area contributed by atoms with Crippen LogP contribution >= 0.6 is 0 Å². The van der Waals surface area contributed by atoms with Crippen LogP contribution in [0.2, 0.25) is 0 Å². The fourth-order valence-electron chi connectivity index (χ4n) is 2.56. The number of anilines is 4. The van der Waals surface area contributed by atoms with Gasteiger partial charge in [-0.25, -0.2) is 9.97 Å². The predicted molar refractivity (Wildman–Crippen MR) is 110 cm³/mol. The van der Waals surface area contributed by atoms with E-state index in [9.17, 15) is 9.59 Å². The van der Waals surface area contributed by atoms with Gasteiger partial charge in [0.1, 0.15) is 17.8 Å². The summed E-state index contributed by atoms with van der Waals surface area (Å²) >= 11 is 0. The highest BCUT2D eigenvalue weighted by Gasteiger charge is 2.09. The van der Waals surface area contributed by atoms with Gasteiger partial charge in [0, 0.05) is 30.1 Å². The van der Waals surface area contributed by atoms with Gasteiger partial charge in [0.05, 0.1) is 0 Å². The highest BCUT2D eigenvalue weighted by atomic mass is 16.2. The fourth-order valence-corrected chi connectivity index (χ4v) is 2.56. The van der Waals surface area contributed by atoms with Crippen molar-refractivity contribution in [2.24, 2.45) is 0 Å². The SMILES string of the molecule is CCc1ccc(NC(=O)c2cc(Nc3ccc(NC(C)=O)cc3)ncn2)cc1. The molecule has 0 aliphatic rings. The smallest absolute Gasteiger partial charge is 0.274 e. The fraction of sp³-hybridized carbons (Fsp3) is 0.143. The van der Waals surface area contributed by atoms with E-state index in [0.717, 1.165) is 12.1 Å². The molecule has 0 aliphatic carbocycles. The molecule has 1 aromatic heterocycles. The molecule has 0 atom stereocenters. The molecule has 3 aromatic rings. The van der Waals surface area contributed by atoms with Gasteiger partial charge in [0.25, 0.3) is 5.91 Å². The van der Waals surface area contributed by atoms with Crippen LogP contribution in [0.15, 0.2) is 60.9 Å². The Morgan fingerprint density at radius 3 is 2.11 bits per heavy atom. The standard InChI is InChI=1S/C21H21N5O2/c1-3-15-4-6-18(7-5-15)26-21(28)19-12-20(23-13-22-19)25-17-10-8-16(9-11-17)24-14(2)27/h4-13H,3H2,1-2H3,(H,24,27)(H,26,28)(H,22,23,25). The maximum absolute atomic E-state index is 12.5. The number of aryl methyl sites for hydroxylation is 1. The molecule has 0 aliphatic heterocycles. The van der Waals surface area contributed by atoms with E-state index in [1.165, 1.54) is 18.8 Å². The second-order valence-electron chi connectivity index (χ2n) is 6.18. The third-order valence-electron chi connectivity index (χ3n) is 4.00. The molecule has 1 heterocycles. The quantitative estimate of drug-likeness (QED) is 0.605. The van der Waals surface area contributed by atoms with Gasteiger partial charge in [-0.3, -0.25) is 9.59 Å². The van der Waals surface area contributed by atoms with Crippen molar-refractivity contribution in [3.05, 3.63) is 72.2 Å². The molecule has 0 bridgehead atoms. The Bertz CT molecular complexity index is 969. The van der Waals surface area contributed by atoms with E-state index in [-0.39, 0.29) is 17.5 Å². The van der Waals surface area contributed by atoms with Crippen LogP contribution < -0.4 is 16.0 Å². The third kappa shape index (κ3) is 5.14. The molecule has 28 heavy (non-hydrogen) atoms. The normalized spacial score (nSPS) is 10.2. The number of hydrogen-bond donors (Lipinski definition) is 3. The molecule has 2 amide bonds.